The van der Waals surface area contributed by atoms with Gasteiger partial charge in [-0.05, 0) is 30.7 Å². The van der Waals surface area contributed by atoms with Gasteiger partial charge < -0.3 is 25.2 Å². The van der Waals surface area contributed by atoms with Gasteiger partial charge in [-0.1, -0.05) is 0 Å². The van der Waals surface area contributed by atoms with Crippen LogP contribution in [-0.4, -0.2) is 62.2 Å². The van der Waals surface area contributed by atoms with Gasteiger partial charge in [0.2, 0.25) is 0 Å². The van der Waals surface area contributed by atoms with Gasteiger partial charge in [0.15, 0.2) is 0 Å². The normalized spacial score (nSPS) is 15.0. The number of amides is 4. The molecule has 7 heteroatoms. The van der Waals surface area contributed by atoms with Crippen molar-refractivity contribution in [1.82, 2.24) is 15.1 Å². The minimum Gasteiger partial charge on any atom is -0.497 e. The van der Waals surface area contributed by atoms with Crippen LogP contribution < -0.4 is 15.4 Å². The molecular formula is C15H22N4O3. The predicted octanol–water partition coefficient (Wildman–Crippen LogP) is 1.57. The van der Waals surface area contributed by atoms with Gasteiger partial charge >= 0.3 is 12.1 Å². The van der Waals surface area contributed by atoms with E-state index in [0.717, 1.165) is 17.9 Å². The first kappa shape index (κ1) is 15.9. The molecule has 0 aliphatic carbocycles. The molecular weight excluding hydrogens is 284 g/mol. The highest BCUT2D eigenvalue weighted by Crippen LogP contribution is 2.15. The Bertz CT molecular complexity index is 518. The highest BCUT2D eigenvalue weighted by molar-refractivity contribution is 5.89. The van der Waals surface area contributed by atoms with Gasteiger partial charge in [0.05, 0.1) is 7.11 Å². The first-order chi connectivity index (χ1) is 10.6. The summed E-state index contributed by atoms with van der Waals surface area (Å²) in [4.78, 5) is 27.4. The topological polar surface area (TPSA) is 73.9 Å². The average Bonchev–Trinajstić information content (AvgIpc) is 2.81. The zero-order chi connectivity index (χ0) is 15.9. The largest absolute Gasteiger partial charge is 0.497 e. The first-order valence-corrected chi connectivity index (χ1v) is 7.30. The number of carbonyl (C=O) groups excluding carboxylic acids is 2. The van der Waals surface area contributed by atoms with Crippen LogP contribution in [0.5, 0.6) is 5.75 Å². The molecule has 120 valence electrons. The van der Waals surface area contributed by atoms with E-state index in [1.54, 1.807) is 48.2 Å². The summed E-state index contributed by atoms with van der Waals surface area (Å²) in [7, 11) is 3.21. The second-order valence-electron chi connectivity index (χ2n) is 5.04. The zero-order valence-electron chi connectivity index (χ0n) is 13.0. The lowest BCUT2D eigenvalue weighted by molar-refractivity contribution is 0.198. The Labute approximate surface area is 130 Å². The second kappa shape index (κ2) is 7.53. The maximum Gasteiger partial charge on any atom is 0.321 e. The molecule has 0 unspecified atom stereocenters. The lowest BCUT2D eigenvalue weighted by atomic mass is 10.3. The molecule has 1 aromatic rings. The van der Waals surface area contributed by atoms with E-state index in [1.165, 1.54) is 0 Å². The fraction of sp³-hybridized carbons (Fsp3) is 0.467. The van der Waals surface area contributed by atoms with E-state index in [4.69, 9.17) is 4.74 Å². The number of hydrogen-bond acceptors (Lipinski definition) is 3. The van der Waals surface area contributed by atoms with E-state index in [0.29, 0.717) is 26.2 Å². The third-order valence-corrected chi connectivity index (χ3v) is 3.63. The Morgan fingerprint density at radius 2 is 1.59 bits per heavy atom. The van der Waals surface area contributed by atoms with Crippen molar-refractivity contribution >= 4 is 17.7 Å². The Morgan fingerprint density at radius 3 is 2.14 bits per heavy atom. The van der Waals surface area contributed by atoms with E-state index >= 15 is 0 Å². The van der Waals surface area contributed by atoms with Gasteiger partial charge in [0.25, 0.3) is 0 Å². The van der Waals surface area contributed by atoms with Crippen LogP contribution >= 0.6 is 0 Å². The third-order valence-electron chi connectivity index (χ3n) is 3.63. The van der Waals surface area contributed by atoms with Crippen molar-refractivity contribution in [3.8, 4) is 5.75 Å². The molecule has 1 fully saturated rings. The molecule has 2 rings (SSSR count). The van der Waals surface area contributed by atoms with Crippen LogP contribution in [0.2, 0.25) is 0 Å². The number of nitrogens with zero attached hydrogens (tertiary/aromatic N) is 2. The van der Waals surface area contributed by atoms with E-state index in [-0.39, 0.29) is 12.1 Å². The average molecular weight is 306 g/mol. The number of hydrogen-bond donors (Lipinski definition) is 2. The van der Waals surface area contributed by atoms with Crippen LogP contribution in [-0.2, 0) is 0 Å². The van der Waals surface area contributed by atoms with Crippen LogP contribution in [0, 0.1) is 0 Å². The molecule has 4 amide bonds. The lowest BCUT2D eigenvalue weighted by Crippen LogP contribution is -2.42. The smallest absolute Gasteiger partial charge is 0.321 e. The van der Waals surface area contributed by atoms with Gasteiger partial charge in [0, 0.05) is 38.9 Å². The van der Waals surface area contributed by atoms with Crippen molar-refractivity contribution in [3.05, 3.63) is 24.3 Å². The number of ether oxygens (including phenoxy) is 1. The number of urea groups is 2. The highest BCUT2D eigenvalue weighted by Gasteiger charge is 2.21. The van der Waals surface area contributed by atoms with Crippen LogP contribution in [0.4, 0.5) is 15.3 Å². The molecule has 1 aromatic carbocycles. The van der Waals surface area contributed by atoms with E-state index < -0.39 is 0 Å². The number of rotatable bonds is 2. The summed E-state index contributed by atoms with van der Waals surface area (Å²) in [5.41, 5.74) is 0.721. The quantitative estimate of drug-likeness (QED) is 0.871. The molecule has 0 spiro atoms. The monoisotopic (exact) mass is 306 g/mol. The molecule has 0 atom stereocenters. The fourth-order valence-corrected chi connectivity index (χ4v) is 2.36. The van der Waals surface area contributed by atoms with Crippen LogP contribution in [0.15, 0.2) is 24.3 Å². The number of nitrogens with one attached hydrogen (secondary N) is 2. The van der Waals surface area contributed by atoms with Crippen molar-refractivity contribution in [2.75, 3.05) is 45.7 Å². The van der Waals surface area contributed by atoms with Gasteiger partial charge in [-0.25, -0.2) is 9.59 Å². The summed E-state index contributed by atoms with van der Waals surface area (Å²) >= 11 is 0. The molecule has 2 N–H and O–H groups in total. The van der Waals surface area contributed by atoms with Crippen molar-refractivity contribution in [3.63, 3.8) is 0 Å². The molecule has 1 saturated heterocycles. The summed E-state index contributed by atoms with van der Waals surface area (Å²) in [5, 5.41) is 5.47. The number of benzene rings is 1. The summed E-state index contributed by atoms with van der Waals surface area (Å²) in [6.07, 6.45) is 0.767. The first-order valence-electron chi connectivity index (χ1n) is 7.30. The molecule has 0 bridgehead atoms. The van der Waals surface area contributed by atoms with Crippen LogP contribution in [0.1, 0.15) is 6.42 Å². The minimum atomic E-state index is -0.149. The fourth-order valence-electron chi connectivity index (χ4n) is 2.36. The standard InChI is InChI=1S/C15H22N4O3/c1-16-14(20)18-8-3-9-19(11-10-18)15(21)17-12-4-6-13(22-2)7-5-12/h4-7H,3,8-11H2,1-2H3,(H,16,20)(H,17,21). The minimum absolute atomic E-state index is 0.0996. The van der Waals surface area contributed by atoms with Crippen molar-refractivity contribution in [1.29, 1.82) is 0 Å². The molecule has 0 saturated carbocycles. The van der Waals surface area contributed by atoms with Crippen molar-refractivity contribution in [2.24, 2.45) is 0 Å². The Hall–Kier alpha value is -2.44. The molecule has 0 aromatic heterocycles. The van der Waals surface area contributed by atoms with Crippen molar-refractivity contribution in [2.45, 2.75) is 6.42 Å². The molecule has 22 heavy (non-hydrogen) atoms. The summed E-state index contributed by atoms with van der Waals surface area (Å²) in [6, 6.07) is 6.94. The molecule has 7 nitrogen and oxygen atoms in total. The second-order valence-corrected chi connectivity index (χ2v) is 5.04. The summed E-state index contributed by atoms with van der Waals surface area (Å²) in [6.45, 7) is 2.35. The Morgan fingerprint density at radius 1 is 1.00 bits per heavy atom. The Balaban J connectivity index is 1.90. The van der Waals surface area contributed by atoms with Gasteiger partial charge in [-0.15, -0.1) is 0 Å². The van der Waals surface area contributed by atoms with Gasteiger partial charge in [-0.2, -0.15) is 0 Å². The van der Waals surface area contributed by atoms with Gasteiger partial charge in [0.1, 0.15) is 5.75 Å². The maximum atomic E-state index is 12.3. The predicted molar refractivity (Wildman–Crippen MR) is 84.2 cm³/mol. The van der Waals surface area contributed by atoms with E-state index in [2.05, 4.69) is 10.6 Å². The molecule has 1 aliphatic heterocycles. The molecule has 1 heterocycles. The SMILES string of the molecule is CNC(=O)N1CCCN(C(=O)Nc2ccc(OC)cc2)CC1. The number of carbonyl (C=O) groups is 2. The number of methoxy groups -OCH3 is 1. The molecule has 1 aliphatic rings. The number of anilines is 1. The van der Waals surface area contributed by atoms with Gasteiger partial charge in [-0.3, -0.25) is 0 Å². The molecule has 0 radical (unpaired) electrons. The summed E-state index contributed by atoms with van der Waals surface area (Å²) < 4.78 is 5.09. The van der Waals surface area contributed by atoms with Crippen molar-refractivity contribution < 1.29 is 14.3 Å². The van der Waals surface area contributed by atoms with E-state index in [9.17, 15) is 9.59 Å². The summed E-state index contributed by atoms with van der Waals surface area (Å²) in [5.74, 6) is 0.744. The highest BCUT2D eigenvalue weighted by atomic mass is 16.5. The third kappa shape index (κ3) is 4.03. The van der Waals surface area contributed by atoms with E-state index in [1.807, 2.05) is 0 Å². The zero-order valence-corrected chi connectivity index (χ0v) is 13.0. The lowest BCUT2D eigenvalue weighted by Gasteiger charge is -2.22. The Kier molecular flexibility index (Phi) is 5.46. The maximum absolute atomic E-state index is 12.3. The van der Waals surface area contributed by atoms with Crippen LogP contribution in [0.3, 0.4) is 0 Å². The van der Waals surface area contributed by atoms with Crippen LogP contribution in [0.25, 0.3) is 0 Å².